The molecule has 0 spiro atoms. The van der Waals surface area contributed by atoms with E-state index in [-0.39, 0.29) is 16.8 Å². The van der Waals surface area contributed by atoms with Crippen molar-refractivity contribution in [1.29, 1.82) is 0 Å². The first-order valence-corrected chi connectivity index (χ1v) is 8.66. The van der Waals surface area contributed by atoms with Gasteiger partial charge in [-0.15, -0.1) is 15.3 Å². The van der Waals surface area contributed by atoms with Crippen molar-refractivity contribution < 1.29 is 9.18 Å². The van der Waals surface area contributed by atoms with Crippen LogP contribution in [-0.2, 0) is 4.79 Å². The minimum atomic E-state index is -0.510. The Balaban J connectivity index is 1.46. The Labute approximate surface area is 153 Å². The minimum Gasteiger partial charge on any atom is -0.354 e. The number of hydrogen-bond donors (Lipinski definition) is 1. The van der Waals surface area contributed by atoms with Crippen molar-refractivity contribution in [3.8, 4) is 0 Å². The molecule has 1 amide bonds. The second-order valence-electron chi connectivity index (χ2n) is 6.23. The van der Waals surface area contributed by atoms with Gasteiger partial charge in [0.2, 0.25) is 5.91 Å². The number of fused-ring (bicyclic) bond motifs is 1. The van der Waals surface area contributed by atoms with E-state index >= 15 is 0 Å². The summed E-state index contributed by atoms with van der Waals surface area (Å²) in [6.07, 6.45) is 3.21. The van der Waals surface area contributed by atoms with Crippen molar-refractivity contribution in [1.82, 2.24) is 19.8 Å². The lowest BCUT2D eigenvalue weighted by Gasteiger charge is -2.32. The number of benzene rings is 1. The third-order valence-corrected chi connectivity index (χ3v) is 4.74. The normalized spacial score (nSPS) is 17.5. The lowest BCUT2D eigenvalue weighted by Crippen LogP contribution is -2.41. The van der Waals surface area contributed by atoms with Crippen LogP contribution in [0.15, 0.2) is 36.7 Å². The molecule has 1 fully saturated rings. The predicted octanol–water partition coefficient (Wildman–Crippen LogP) is 2.77. The second kappa shape index (κ2) is 6.87. The van der Waals surface area contributed by atoms with Gasteiger partial charge >= 0.3 is 0 Å². The molecule has 134 valence electrons. The third kappa shape index (κ3) is 3.32. The highest BCUT2D eigenvalue weighted by molar-refractivity contribution is 6.31. The van der Waals surface area contributed by atoms with Gasteiger partial charge in [-0.05, 0) is 43.2 Å². The van der Waals surface area contributed by atoms with Gasteiger partial charge in [-0.2, -0.15) is 4.52 Å². The van der Waals surface area contributed by atoms with Gasteiger partial charge in [0.1, 0.15) is 18.0 Å². The molecule has 4 rings (SSSR count). The van der Waals surface area contributed by atoms with E-state index in [2.05, 4.69) is 25.5 Å². The first kappa shape index (κ1) is 16.7. The van der Waals surface area contributed by atoms with Gasteiger partial charge in [0.25, 0.3) is 0 Å². The molecular weight excluding hydrogens is 359 g/mol. The summed E-state index contributed by atoms with van der Waals surface area (Å²) in [6, 6.07) is 7.88. The number of amides is 1. The van der Waals surface area contributed by atoms with Crippen LogP contribution in [0.4, 0.5) is 15.9 Å². The lowest BCUT2D eigenvalue weighted by molar-refractivity contribution is -0.120. The van der Waals surface area contributed by atoms with Gasteiger partial charge in [0.05, 0.1) is 10.9 Å². The number of halogens is 2. The van der Waals surface area contributed by atoms with E-state index in [9.17, 15) is 9.18 Å². The average Bonchev–Trinajstić information content (AvgIpc) is 3.12. The Kier molecular flexibility index (Phi) is 4.42. The average molecular weight is 375 g/mol. The SMILES string of the molecule is O=C(Nc1ccc(F)c(Cl)c1)[C@H]1CCCN(c2ccc3nncn3n2)C1. The Morgan fingerprint density at radius 1 is 1.31 bits per heavy atom. The van der Waals surface area contributed by atoms with E-state index in [0.29, 0.717) is 17.9 Å². The van der Waals surface area contributed by atoms with Crippen LogP contribution in [0.1, 0.15) is 12.8 Å². The van der Waals surface area contributed by atoms with Gasteiger partial charge in [-0.3, -0.25) is 4.79 Å². The number of nitrogens with zero attached hydrogens (tertiary/aromatic N) is 5. The molecule has 0 unspecified atom stereocenters. The fraction of sp³-hybridized carbons (Fsp3) is 0.294. The van der Waals surface area contributed by atoms with Crippen LogP contribution in [0.25, 0.3) is 5.65 Å². The number of hydrogen-bond acceptors (Lipinski definition) is 5. The van der Waals surface area contributed by atoms with Crippen molar-refractivity contribution in [2.24, 2.45) is 5.92 Å². The van der Waals surface area contributed by atoms with Crippen LogP contribution in [0.3, 0.4) is 0 Å². The summed E-state index contributed by atoms with van der Waals surface area (Å²) in [7, 11) is 0. The van der Waals surface area contributed by atoms with Gasteiger partial charge in [-0.1, -0.05) is 11.6 Å². The molecule has 1 aliphatic heterocycles. The first-order chi connectivity index (χ1) is 12.6. The summed E-state index contributed by atoms with van der Waals surface area (Å²) in [4.78, 5) is 14.7. The highest BCUT2D eigenvalue weighted by Gasteiger charge is 2.27. The van der Waals surface area contributed by atoms with E-state index in [0.717, 1.165) is 25.2 Å². The maximum absolute atomic E-state index is 13.2. The van der Waals surface area contributed by atoms with E-state index in [1.54, 1.807) is 10.8 Å². The van der Waals surface area contributed by atoms with Crippen LogP contribution in [-0.4, -0.2) is 38.8 Å². The third-order valence-electron chi connectivity index (χ3n) is 4.45. The quantitative estimate of drug-likeness (QED) is 0.763. The zero-order chi connectivity index (χ0) is 18.1. The molecule has 0 radical (unpaired) electrons. The molecule has 26 heavy (non-hydrogen) atoms. The Morgan fingerprint density at radius 2 is 2.19 bits per heavy atom. The standard InChI is InChI=1S/C17H16ClFN6O/c18-13-8-12(3-4-14(13)19)21-17(26)11-2-1-7-24(9-11)16-6-5-15-22-20-10-25(15)23-16/h3-6,8,10-11H,1-2,7,9H2,(H,21,26)/t11-/m0/s1. The molecular formula is C17H16ClFN6O. The van der Waals surface area contributed by atoms with Crippen LogP contribution in [0, 0.1) is 11.7 Å². The van der Waals surface area contributed by atoms with Crippen molar-refractivity contribution in [2.75, 3.05) is 23.3 Å². The van der Waals surface area contributed by atoms with Crippen LogP contribution < -0.4 is 10.2 Å². The van der Waals surface area contributed by atoms with Crippen molar-refractivity contribution >= 4 is 34.7 Å². The summed E-state index contributed by atoms with van der Waals surface area (Å²) in [5.74, 6) is -0.0302. The van der Waals surface area contributed by atoms with Gasteiger partial charge in [0, 0.05) is 18.8 Å². The predicted molar refractivity (Wildman–Crippen MR) is 95.8 cm³/mol. The monoisotopic (exact) mass is 374 g/mol. The van der Waals surface area contributed by atoms with E-state index < -0.39 is 5.82 Å². The molecule has 3 aromatic rings. The summed E-state index contributed by atoms with van der Waals surface area (Å²) in [5.41, 5.74) is 1.16. The Hall–Kier alpha value is -2.74. The molecule has 2 aromatic heterocycles. The maximum Gasteiger partial charge on any atom is 0.229 e. The number of anilines is 2. The molecule has 7 nitrogen and oxygen atoms in total. The van der Waals surface area contributed by atoms with E-state index in [1.165, 1.54) is 18.2 Å². The maximum atomic E-state index is 13.2. The highest BCUT2D eigenvalue weighted by Crippen LogP contribution is 2.24. The van der Waals surface area contributed by atoms with Gasteiger partial charge in [-0.25, -0.2) is 4.39 Å². The topological polar surface area (TPSA) is 75.4 Å². The molecule has 1 aliphatic rings. The Morgan fingerprint density at radius 3 is 3.04 bits per heavy atom. The molecule has 3 heterocycles. The van der Waals surface area contributed by atoms with Crippen molar-refractivity contribution in [3.05, 3.63) is 47.5 Å². The summed E-state index contributed by atoms with van der Waals surface area (Å²) in [5, 5.41) is 15.0. The van der Waals surface area contributed by atoms with Gasteiger partial charge in [0.15, 0.2) is 5.65 Å². The summed E-state index contributed by atoms with van der Waals surface area (Å²) in [6.45, 7) is 1.38. The zero-order valence-electron chi connectivity index (χ0n) is 13.8. The van der Waals surface area contributed by atoms with Gasteiger partial charge < -0.3 is 10.2 Å². The fourth-order valence-corrected chi connectivity index (χ4v) is 3.29. The van der Waals surface area contributed by atoms with Crippen molar-refractivity contribution in [3.63, 3.8) is 0 Å². The molecule has 1 aromatic carbocycles. The molecule has 0 aliphatic carbocycles. The molecule has 1 N–H and O–H groups in total. The molecule has 9 heteroatoms. The Bertz CT molecular complexity index is 961. The molecule has 0 saturated carbocycles. The summed E-state index contributed by atoms with van der Waals surface area (Å²) < 4.78 is 14.9. The van der Waals surface area contributed by atoms with E-state index in [1.807, 2.05) is 12.1 Å². The molecule has 1 atom stereocenters. The number of carbonyl (C=O) groups is 1. The smallest absolute Gasteiger partial charge is 0.229 e. The lowest BCUT2D eigenvalue weighted by atomic mass is 9.97. The number of aromatic nitrogens is 4. The van der Waals surface area contributed by atoms with Crippen molar-refractivity contribution in [2.45, 2.75) is 12.8 Å². The number of nitrogens with one attached hydrogen (secondary N) is 1. The fourth-order valence-electron chi connectivity index (χ4n) is 3.10. The van der Waals surface area contributed by atoms with Crippen LogP contribution in [0.2, 0.25) is 5.02 Å². The largest absolute Gasteiger partial charge is 0.354 e. The molecule has 0 bridgehead atoms. The van der Waals surface area contributed by atoms with E-state index in [4.69, 9.17) is 11.6 Å². The molecule has 1 saturated heterocycles. The number of piperidine rings is 1. The highest BCUT2D eigenvalue weighted by atomic mass is 35.5. The number of rotatable bonds is 3. The summed E-state index contributed by atoms with van der Waals surface area (Å²) >= 11 is 5.77. The van der Waals surface area contributed by atoms with Crippen LogP contribution in [0.5, 0.6) is 0 Å². The zero-order valence-corrected chi connectivity index (χ0v) is 14.5. The number of carbonyl (C=O) groups excluding carboxylic acids is 1. The minimum absolute atomic E-state index is 0.0143. The second-order valence-corrected chi connectivity index (χ2v) is 6.64. The first-order valence-electron chi connectivity index (χ1n) is 8.28. The van der Waals surface area contributed by atoms with Crippen LogP contribution >= 0.6 is 11.6 Å².